The number of carboxylic acids is 2. The van der Waals surface area contributed by atoms with E-state index in [-0.39, 0.29) is 33.8 Å². The first-order valence-corrected chi connectivity index (χ1v) is 16.9. The lowest BCUT2D eigenvalue weighted by Crippen LogP contribution is -2.71. The third kappa shape index (κ3) is 7.03. The van der Waals surface area contributed by atoms with Crippen LogP contribution in [0.4, 0.5) is 10.8 Å². The summed E-state index contributed by atoms with van der Waals surface area (Å²) in [5, 5.41) is 27.6. The highest BCUT2D eigenvalue weighted by Crippen LogP contribution is 2.41. The molecular formula is C27H28ClN9O7S3. The summed E-state index contributed by atoms with van der Waals surface area (Å²) in [4.78, 5) is 67.1. The SMILES string of the molecule is CC(C)(O/N=C(\C(=O)NC1C(=O)N2C(C(=O)O)=C(CSC3=NC(N)=CC(N)N3c3ccc(Cl)cc3)CS[C@@H]12)c1csc(N)n1)C(=O)O. The van der Waals surface area contributed by atoms with Crippen molar-refractivity contribution >= 4 is 91.9 Å². The number of β-lactam (4-membered cyclic amide) rings is 1. The molecule has 3 atom stereocenters. The summed E-state index contributed by atoms with van der Waals surface area (Å²) in [5.74, 6) is -3.63. The monoisotopic (exact) mass is 721 g/mol. The average molecular weight is 722 g/mol. The molecule has 47 heavy (non-hydrogen) atoms. The number of hydrogen-bond acceptors (Lipinski definition) is 15. The van der Waals surface area contributed by atoms with Gasteiger partial charge in [-0.25, -0.2) is 19.6 Å². The second-order valence-corrected chi connectivity index (χ2v) is 14.0. The number of hydrogen-bond donors (Lipinski definition) is 6. The van der Waals surface area contributed by atoms with Crippen molar-refractivity contribution in [3.63, 3.8) is 0 Å². The number of carboxylic acid groups (broad SMARTS) is 2. The summed E-state index contributed by atoms with van der Waals surface area (Å²) in [6.07, 6.45) is 0.929. The largest absolute Gasteiger partial charge is 0.478 e. The molecule has 0 radical (unpaired) electrons. The van der Waals surface area contributed by atoms with Crippen LogP contribution in [0, 0.1) is 0 Å². The van der Waals surface area contributed by atoms with Gasteiger partial charge in [-0.2, -0.15) is 0 Å². The van der Waals surface area contributed by atoms with Crippen molar-refractivity contribution in [3.05, 3.63) is 63.5 Å². The van der Waals surface area contributed by atoms with Gasteiger partial charge in [0.1, 0.15) is 34.8 Å². The van der Waals surface area contributed by atoms with E-state index < -0.39 is 52.6 Å². The topological polar surface area (TPSA) is 252 Å². The zero-order chi connectivity index (χ0) is 34.2. The van der Waals surface area contributed by atoms with Gasteiger partial charge in [0.2, 0.25) is 5.60 Å². The number of nitrogens with one attached hydrogen (secondary N) is 1. The van der Waals surface area contributed by atoms with E-state index in [1.165, 1.54) is 42.8 Å². The van der Waals surface area contributed by atoms with Crippen molar-refractivity contribution in [2.75, 3.05) is 22.1 Å². The van der Waals surface area contributed by atoms with Gasteiger partial charge in [0, 0.05) is 27.6 Å². The zero-order valence-electron chi connectivity index (χ0n) is 24.6. The molecule has 0 bridgehead atoms. The third-order valence-electron chi connectivity index (χ3n) is 6.95. The minimum Gasteiger partial charge on any atom is -0.478 e. The van der Waals surface area contributed by atoms with E-state index in [2.05, 4.69) is 20.4 Å². The number of rotatable bonds is 10. The fourth-order valence-electron chi connectivity index (χ4n) is 4.52. The van der Waals surface area contributed by atoms with Crippen LogP contribution in [0.2, 0.25) is 5.02 Å². The summed E-state index contributed by atoms with van der Waals surface area (Å²) >= 11 is 9.52. The number of halogens is 1. The smallest absolute Gasteiger partial charge is 0.352 e. The van der Waals surface area contributed by atoms with Crippen molar-refractivity contribution in [1.29, 1.82) is 0 Å². The van der Waals surface area contributed by atoms with Crippen LogP contribution in [0.5, 0.6) is 0 Å². The molecule has 1 fully saturated rings. The number of aliphatic imine (C=N–C) groups is 1. The molecule has 3 aliphatic rings. The number of aromatic nitrogens is 1. The van der Waals surface area contributed by atoms with Crippen molar-refractivity contribution in [2.45, 2.75) is 37.0 Å². The maximum absolute atomic E-state index is 13.3. The van der Waals surface area contributed by atoms with E-state index >= 15 is 0 Å². The average Bonchev–Trinajstić information content (AvgIpc) is 3.44. The normalized spacial score (nSPS) is 21.4. The van der Waals surface area contributed by atoms with Gasteiger partial charge in [-0.15, -0.1) is 23.1 Å². The number of anilines is 2. The fourth-order valence-corrected chi connectivity index (χ4v) is 7.75. The molecule has 2 amide bonds. The molecule has 2 aromatic rings. The Morgan fingerprint density at radius 2 is 1.91 bits per heavy atom. The second-order valence-electron chi connectivity index (χ2n) is 10.6. The molecule has 16 nitrogen and oxygen atoms in total. The Balaban J connectivity index is 1.34. The standard InChI is InChI=1S/C27H28ClN9O7S3/c1-27(2,24(42)43)44-35-17(14-10-46-25(31)32-14)20(38)34-18-21(39)37-19(23(40)41)11(8-45-22(18)37)9-47-26-33-15(29)7-16(30)36(26)13-5-3-12(28)4-6-13/h3-7,10,16,18,22H,8-9,29-30H2,1-2H3,(H2,31,32)(H,34,38)(H,40,41)(H,42,43)/b35-17-/t16?,18?,22-/m0/s1. The third-order valence-corrected chi connectivity index (χ3v) is 10.3. The number of carbonyl (C=O) groups is 4. The van der Waals surface area contributed by atoms with Crippen molar-refractivity contribution in [2.24, 2.45) is 21.6 Å². The van der Waals surface area contributed by atoms with Crippen LogP contribution < -0.4 is 27.4 Å². The van der Waals surface area contributed by atoms with Gasteiger partial charge in [0.05, 0.1) is 0 Å². The van der Waals surface area contributed by atoms with Crippen LogP contribution in [0.3, 0.4) is 0 Å². The summed E-state index contributed by atoms with van der Waals surface area (Å²) in [6, 6.07) is 5.82. The van der Waals surface area contributed by atoms with Gasteiger partial charge in [-0.05, 0) is 49.8 Å². The summed E-state index contributed by atoms with van der Waals surface area (Å²) in [7, 11) is 0. The number of thioether (sulfide) groups is 2. The van der Waals surface area contributed by atoms with Crippen LogP contribution in [0.25, 0.3) is 0 Å². The highest BCUT2D eigenvalue weighted by Gasteiger charge is 2.54. The number of aliphatic carboxylic acids is 2. The first-order valence-electron chi connectivity index (χ1n) is 13.6. The van der Waals surface area contributed by atoms with Crippen molar-refractivity contribution in [3.8, 4) is 0 Å². The Labute approximate surface area is 284 Å². The van der Waals surface area contributed by atoms with Gasteiger partial charge in [0.25, 0.3) is 11.8 Å². The molecule has 9 N–H and O–H groups in total. The van der Waals surface area contributed by atoms with Gasteiger partial charge in [-0.1, -0.05) is 28.5 Å². The first-order chi connectivity index (χ1) is 22.2. The molecule has 0 aliphatic carbocycles. The molecule has 20 heteroatoms. The second kappa shape index (κ2) is 13.4. The molecule has 4 heterocycles. The maximum Gasteiger partial charge on any atom is 0.352 e. The molecule has 0 spiro atoms. The predicted octanol–water partition coefficient (Wildman–Crippen LogP) is 1.40. The Morgan fingerprint density at radius 1 is 1.21 bits per heavy atom. The number of nitrogens with two attached hydrogens (primary N) is 3. The molecular weight excluding hydrogens is 694 g/mol. The van der Waals surface area contributed by atoms with Crippen LogP contribution in [-0.2, 0) is 24.0 Å². The van der Waals surface area contributed by atoms with Crippen LogP contribution in [-0.4, -0.2) is 89.4 Å². The molecule has 2 unspecified atom stereocenters. The van der Waals surface area contributed by atoms with Gasteiger partial charge < -0.3 is 42.5 Å². The fraction of sp³-hybridized carbons (Fsp3) is 0.296. The number of amides is 2. The summed E-state index contributed by atoms with van der Waals surface area (Å²) in [6.45, 7) is 2.48. The zero-order valence-corrected chi connectivity index (χ0v) is 27.8. The highest BCUT2D eigenvalue weighted by molar-refractivity contribution is 8.14. The Bertz CT molecular complexity index is 1760. The quantitative estimate of drug-likeness (QED) is 0.115. The van der Waals surface area contributed by atoms with E-state index in [1.54, 1.807) is 35.2 Å². The Hall–Kier alpha value is -4.30. The summed E-state index contributed by atoms with van der Waals surface area (Å²) < 4.78 is 0. The molecule has 1 aromatic carbocycles. The number of thiazole rings is 1. The predicted molar refractivity (Wildman–Crippen MR) is 180 cm³/mol. The van der Waals surface area contributed by atoms with Crippen LogP contribution in [0.15, 0.2) is 63.0 Å². The molecule has 1 saturated heterocycles. The van der Waals surface area contributed by atoms with Gasteiger partial charge in [0.15, 0.2) is 16.0 Å². The van der Waals surface area contributed by atoms with Crippen molar-refractivity contribution in [1.82, 2.24) is 15.2 Å². The number of benzene rings is 1. The highest BCUT2D eigenvalue weighted by atomic mass is 35.5. The molecule has 0 saturated carbocycles. The van der Waals surface area contributed by atoms with E-state index in [0.29, 0.717) is 21.5 Å². The minimum atomic E-state index is -1.78. The van der Waals surface area contributed by atoms with E-state index in [4.69, 9.17) is 33.6 Å². The number of nitrogens with zero attached hydrogens (tertiary/aromatic N) is 5. The van der Waals surface area contributed by atoms with E-state index in [0.717, 1.165) is 16.2 Å². The van der Waals surface area contributed by atoms with Crippen LogP contribution >= 0.6 is 46.5 Å². The Kier molecular flexibility index (Phi) is 9.73. The lowest BCUT2D eigenvalue weighted by Gasteiger charge is -2.49. The lowest BCUT2D eigenvalue weighted by molar-refractivity contribution is -0.161. The first kappa shape index (κ1) is 34.0. The number of oxime groups is 1. The minimum absolute atomic E-state index is 0.00465. The Morgan fingerprint density at radius 3 is 2.53 bits per heavy atom. The van der Waals surface area contributed by atoms with Gasteiger partial charge >= 0.3 is 11.9 Å². The number of nitrogen functional groups attached to an aromatic ring is 1. The number of amidine groups is 1. The molecule has 248 valence electrons. The molecule has 5 rings (SSSR count). The summed E-state index contributed by atoms with van der Waals surface area (Å²) in [5.41, 5.74) is 16.8. The number of fused-ring (bicyclic) bond motifs is 1. The van der Waals surface area contributed by atoms with Crippen molar-refractivity contribution < 1.29 is 34.2 Å². The van der Waals surface area contributed by atoms with Crippen LogP contribution in [0.1, 0.15) is 19.5 Å². The molecule has 3 aliphatic heterocycles. The molecule has 1 aromatic heterocycles. The maximum atomic E-state index is 13.3. The van der Waals surface area contributed by atoms with Gasteiger partial charge in [-0.3, -0.25) is 14.5 Å². The van der Waals surface area contributed by atoms with E-state index in [9.17, 15) is 29.4 Å². The number of carbonyl (C=O) groups excluding carboxylic acids is 2. The lowest BCUT2D eigenvalue weighted by atomic mass is 10.0. The van der Waals surface area contributed by atoms with E-state index in [1.807, 2.05) is 0 Å².